The van der Waals surface area contributed by atoms with Gasteiger partial charge < -0.3 is 5.73 Å². The number of rotatable bonds is 2. The van der Waals surface area contributed by atoms with Crippen molar-refractivity contribution in [3.63, 3.8) is 0 Å². The standard InChI is InChI=1S/C14H11Br2F2N/c1-7-3-2-4-8(13(7)16)14(19)9-5-12(18)10(15)6-11(9)17/h2-6,14H,19H2,1H3. The largest absolute Gasteiger partial charge is 0.320 e. The molecule has 0 aliphatic rings. The zero-order valence-corrected chi connectivity index (χ0v) is 13.2. The zero-order valence-electron chi connectivity index (χ0n) is 10.1. The third kappa shape index (κ3) is 2.88. The predicted octanol–water partition coefficient (Wildman–Crippen LogP) is 4.85. The molecular formula is C14H11Br2F2N. The molecule has 0 aliphatic carbocycles. The highest BCUT2D eigenvalue weighted by molar-refractivity contribution is 9.10. The van der Waals surface area contributed by atoms with E-state index in [4.69, 9.17) is 5.73 Å². The minimum Gasteiger partial charge on any atom is -0.320 e. The van der Waals surface area contributed by atoms with Gasteiger partial charge in [0, 0.05) is 10.0 Å². The Labute approximate surface area is 127 Å². The van der Waals surface area contributed by atoms with Crippen LogP contribution in [-0.2, 0) is 0 Å². The lowest BCUT2D eigenvalue weighted by molar-refractivity contribution is 0.572. The average Bonchev–Trinajstić information content (AvgIpc) is 2.36. The van der Waals surface area contributed by atoms with Crippen molar-refractivity contribution < 1.29 is 8.78 Å². The highest BCUT2D eigenvalue weighted by Crippen LogP contribution is 2.32. The van der Waals surface area contributed by atoms with Crippen LogP contribution in [0.5, 0.6) is 0 Å². The van der Waals surface area contributed by atoms with Gasteiger partial charge in [-0.3, -0.25) is 0 Å². The summed E-state index contributed by atoms with van der Waals surface area (Å²) in [6, 6.07) is 7.03. The van der Waals surface area contributed by atoms with Gasteiger partial charge >= 0.3 is 0 Å². The van der Waals surface area contributed by atoms with Gasteiger partial charge in [-0.05, 0) is 46.1 Å². The van der Waals surface area contributed by atoms with Crippen LogP contribution in [0.25, 0.3) is 0 Å². The zero-order chi connectivity index (χ0) is 14.2. The molecule has 0 saturated heterocycles. The molecular weight excluding hydrogens is 380 g/mol. The van der Waals surface area contributed by atoms with Gasteiger partial charge in [0.05, 0.1) is 10.5 Å². The molecule has 1 unspecified atom stereocenters. The van der Waals surface area contributed by atoms with Crippen molar-refractivity contribution >= 4 is 31.9 Å². The summed E-state index contributed by atoms with van der Waals surface area (Å²) in [6.45, 7) is 1.92. The van der Waals surface area contributed by atoms with E-state index in [-0.39, 0.29) is 10.0 Å². The van der Waals surface area contributed by atoms with Gasteiger partial charge in [0.25, 0.3) is 0 Å². The Balaban J connectivity index is 2.53. The lowest BCUT2D eigenvalue weighted by Crippen LogP contribution is -2.15. The number of halogens is 4. The Morgan fingerprint density at radius 2 is 1.74 bits per heavy atom. The molecule has 0 heterocycles. The second-order valence-electron chi connectivity index (χ2n) is 4.24. The summed E-state index contributed by atoms with van der Waals surface area (Å²) >= 11 is 6.38. The summed E-state index contributed by atoms with van der Waals surface area (Å²) in [5.74, 6) is -1.06. The molecule has 2 N–H and O–H groups in total. The van der Waals surface area contributed by atoms with Gasteiger partial charge in [-0.25, -0.2) is 8.78 Å². The van der Waals surface area contributed by atoms with Gasteiger partial charge in [-0.2, -0.15) is 0 Å². The van der Waals surface area contributed by atoms with Gasteiger partial charge in [0.15, 0.2) is 0 Å². The summed E-state index contributed by atoms with van der Waals surface area (Å²) in [5.41, 5.74) is 7.90. The summed E-state index contributed by atoms with van der Waals surface area (Å²) < 4.78 is 28.3. The van der Waals surface area contributed by atoms with Crippen molar-refractivity contribution in [3.05, 3.63) is 67.6 Å². The molecule has 2 rings (SSSR count). The van der Waals surface area contributed by atoms with Crippen molar-refractivity contribution in [3.8, 4) is 0 Å². The Hall–Kier alpha value is -0.780. The van der Waals surface area contributed by atoms with Crippen LogP contribution >= 0.6 is 31.9 Å². The molecule has 0 saturated carbocycles. The monoisotopic (exact) mass is 389 g/mol. The van der Waals surface area contributed by atoms with Crippen molar-refractivity contribution in [2.75, 3.05) is 0 Å². The quantitative estimate of drug-likeness (QED) is 0.729. The fourth-order valence-electron chi connectivity index (χ4n) is 1.85. The minimum absolute atomic E-state index is 0.0873. The van der Waals surface area contributed by atoms with Crippen LogP contribution in [0.1, 0.15) is 22.7 Å². The van der Waals surface area contributed by atoms with E-state index in [1.807, 2.05) is 19.1 Å². The fourth-order valence-corrected chi connectivity index (χ4v) is 2.68. The highest BCUT2D eigenvalue weighted by atomic mass is 79.9. The van der Waals surface area contributed by atoms with E-state index in [2.05, 4.69) is 31.9 Å². The summed E-state index contributed by atoms with van der Waals surface area (Å²) in [6.07, 6.45) is 0. The van der Waals surface area contributed by atoms with Crippen LogP contribution in [0.2, 0.25) is 0 Å². The first-order chi connectivity index (χ1) is 8.91. The normalized spacial score (nSPS) is 12.5. The summed E-state index contributed by atoms with van der Waals surface area (Å²) in [4.78, 5) is 0. The molecule has 0 aromatic heterocycles. The van der Waals surface area contributed by atoms with E-state index in [0.29, 0.717) is 0 Å². The van der Waals surface area contributed by atoms with E-state index in [1.165, 1.54) is 0 Å². The minimum atomic E-state index is -0.725. The maximum atomic E-state index is 13.9. The number of nitrogens with two attached hydrogens (primary N) is 1. The molecule has 0 spiro atoms. The Kier molecular flexibility index (Phi) is 4.38. The Bertz CT molecular complexity index is 629. The Morgan fingerprint density at radius 3 is 2.42 bits per heavy atom. The van der Waals surface area contributed by atoms with Crippen LogP contribution in [0.15, 0.2) is 39.3 Å². The van der Waals surface area contributed by atoms with E-state index in [9.17, 15) is 8.78 Å². The van der Waals surface area contributed by atoms with Gasteiger partial charge in [0.1, 0.15) is 11.6 Å². The first-order valence-corrected chi connectivity index (χ1v) is 7.15. The second-order valence-corrected chi connectivity index (χ2v) is 5.89. The van der Waals surface area contributed by atoms with Crippen molar-refractivity contribution in [2.24, 2.45) is 5.73 Å². The van der Waals surface area contributed by atoms with E-state index in [1.54, 1.807) is 6.07 Å². The number of hydrogen-bond donors (Lipinski definition) is 1. The van der Waals surface area contributed by atoms with Gasteiger partial charge in [-0.1, -0.05) is 34.1 Å². The first-order valence-electron chi connectivity index (χ1n) is 5.57. The van der Waals surface area contributed by atoms with Gasteiger partial charge in [-0.15, -0.1) is 0 Å². The molecule has 0 bridgehead atoms. The van der Waals surface area contributed by atoms with E-state index in [0.717, 1.165) is 27.7 Å². The number of benzene rings is 2. The lowest BCUT2D eigenvalue weighted by atomic mass is 9.97. The van der Waals surface area contributed by atoms with Crippen LogP contribution in [0, 0.1) is 18.6 Å². The Morgan fingerprint density at radius 1 is 1.05 bits per heavy atom. The van der Waals surface area contributed by atoms with Gasteiger partial charge in [0.2, 0.25) is 0 Å². The topological polar surface area (TPSA) is 26.0 Å². The second kappa shape index (κ2) is 5.69. The van der Waals surface area contributed by atoms with Crippen LogP contribution < -0.4 is 5.73 Å². The fraction of sp³-hybridized carbons (Fsp3) is 0.143. The highest BCUT2D eigenvalue weighted by Gasteiger charge is 2.19. The van der Waals surface area contributed by atoms with Crippen LogP contribution in [0.3, 0.4) is 0 Å². The number of hydrogen-bond acceptors (Lipinski definition) is 1. The first kappa shape index (κ1) is 14.6. The molecule has 2 aromatic carbocycles. The maximum absolute atomic E-state index is 13.9. The van der Waals surface area contributed by atoms with E-state index < -0.39 is 17.7 Å². The van der Waals surface area contributed by atoms with Crippen molar-refractivity contribution in [2.45, 2.75) is 13.0 Å². The third-order valence-corrected chi connectivity index (χ3v) is 4.62. The summed E-state index contributed by atoms with van der Waals surface area (Å²) in [7, 11) is 0. The molecule has 100 valence electrons. The molecule has 1 atom stereocenters. The molecule has 0 radical (unpaired) electrons. The SMILES string of the molecule is Cc1cccc(C(N)c2cc(F)c(Br)cc2F)c1Br. The molecule has 0 amide bonds. The predicted molar refractivity (Wildman–Crippen MR) is 79.0 cm³/mol. The molecule has 1 nitrogen and oxygen atoms in total. The maximum Gasteiger partial charge on any atom is 0.137 e. The molecule has 19 heavy (non-hydrogen) atoms. The van der Waals surface area contributed by atoms with E-state index >= 15 is 0 Å². The average molecular weight is 391 g/mol. The van der Waals surface area contributed by atoms with Crippen LogP contribution in [0.4, 0.5) is 8.78 Å². The smallest absolute Gasteiger partial charge is 0.137 e. The molecule has 5 heteroatoms. The molecule has 2 aromatic rings. The van der Waals surface area contributed by atoms with Crippen molar-refractivity contribution in [1.82, 2.24) is 0 Å². The summed E-state index contributed by atoms with van der Waals surface area (Å²) in [5, 5.41) is 0. The third-order valence-electron chi connectivity index (χ3n) is 2.93. The van der Waals surface area contributed by atoms with Crippen LogP contribution in [-0.4, -0.2) is 0 Å². The van der Waals surface area contributed by atoms with Crippen molar-refractivity contribution in [1.29, 1.82) is 0 Å². The molecule has 0 fully saturated rings. The number of aryl methyl sites for hydroxylation is 1. The molecule has 0 aliphatic heterocycles. The lowest BCUT2D eigenvalue weighted by Gasteiger charge is -2.17.